The number of nitrogens with two attached hydrogens (primary N) is 1. The Morgan fingerprint density at radius 2 is 2.12 bits per heavy atom. The van der Waals surface area contributed by atoms with E-state index in [-0.39, 0.29) is 0 Å². The lowest BCUT2D eigenvalue weighted by Crippen LogP contribution is -2.43. The Morgan fingerprint density at radius 1 is 1.41 bits per heavy atom. The van der Waals surface area contributed by atoms with Crippen LogP contribution in [0.4, 0.5) is 0 Å². The molecule has 0 bridgehead atoms. The van der Waals surface area contributed by atoms with E-state index in [4.69, 9.17) is 10.5 Å². The number of guanidine groups is 1. The first-order valence-corrected chi connectivity index (χ1v) is 7.19. The molecule has 1 aliphatic heterocycles. The number of methoxy groups -OCH3 is 1. The van der Waals surface area contributed by atoms with Gasteiger partial charge in [0.05, 0.1) is 13.2 Å². The first kappa shape index (κ1) is 14.6. The van der Waals surface area contributed by atoms with E-state index in [9.17, 15) is 0 Å². The molecule has 0 radical (unpaired) electrons. The maximum atomic E-state index is 5.96. The highest BCUT2D eigenvalue weighted by Crippen LogP contribution is 2.08. The number of rotatable bonds is 6. The molecule has 17 heavy (non-hydrogen) atoms. The molecule has 2 N–H and O–H groups in total. The Hall–Kier alpha value is -0.460. The van der Waals surface area contributed by atoms with Gasteiger partial charge in [0.15, 0.2) is 5.96 Å². The van der Waals surface area contributed by atoms with Crippen molar-refractivity contribution in [1.29, 1.82) is 0 Å². The average Bonchev–Trinajstić information content (AvgIpc) is 2.37. The van der Waals surface area contributed by atoms with E-state index in [1.165, 1.54) is 0 Å². The van der Waals surface area contributed by atoms with E-state index >= 15 is 0 Å². The molecule has 5 nitrogen and oxygen atoms in total. The highest BCUT2D eigenvalue weighted by Gasteiger charge is 2.11. The Bertz CT molecular complexity index is 232. The number of hydrogen-bond donors (Lipinski definition) is 1. The van der Waals surface area contributed by atoms with Gasteiger partial charge in [0.2, 0.25) is 0 Å². The fourth-order valence-corrected chi connectivity index (χ4v) is 2.49. The van der Waals surface area contributed by atoms with Crippen molar-refractivity contribution in [3.8, 4) is 0 Å². The van der Waals surface area contributed by atoms with Crippen molar-refractivity contribution in [2.24, 2.45) is 10.7 Å². The fraction of sp³-hybridized carbons (Fsp3) is 0.909. The third-order valence-electron chi connectivity index (χ3n) is 2.77. The maximum Gasteiger partial charge on any atom is 0.191 e. The second kappa shape index (κ2) is 8.60. The number of likely N-dealkylation sites (N-methyl/N-ethyl adjacent to an activating group) is 1. The summed E-state index contributed by atoms with van der Waals surface area (Å²) in [5, 5.41) is 0. The molecule has 1 rings (SSSR count). The first-order valence-electron chi connectivity index (χ1n) is 6.04. The molecule has 0 amide bonds. The van der Waals surface area contributed by atoms with E-state index in [2.05, 4.69) is 21.8 Å². The largest absolute Gasteiger partial charge is 0.383 e. The standard InChI is InChI=1S/C11H24N4OS/c1-14(5-8-16-2)4-3-13-11(12)15-6-9-17-10-7-15/h3-10H2,1-2H3,(H2,12,13). The Balaban J connectivity index is 2.17. The van der Waals surface area contributed by atoms with Crippen LogP contribution in [0.3, 0.4) is 0 Å². The zero-order chi connectivity index (χ0) is 12.5. The summed E-state index contributed by atoms with van der Waals surface area (Å²) in [7, 11) is 3.79. The third kappa shape index (κ3) is 6.14. The monoisotopic (exact) mass is 260 g/mol. The van der Waals surface area contributed by atoms with Gasteiger partial charge in [-0.15, -0.1) is 0 Å². The molecular formula is C11H24N4OS. The first-order chi connectivity index (χ1) is 8.24. The maximum absolute atomic E-state index is 5.96. The predicted molar refractivity (Wildman–Crippen MR) is 74.8 cm³/mol. The van der Waals surface area contributed by atoms with Crippen molar-refractivity contribution in [2.75, 3.05) is 65.0 Å². The normalized spacial score (nSPS) is 17.8. The van der Waals surface area contributed by atoms with Crippen LogP contribution in [-0.2, 0) is 4.74 Å². The minimum absolute atomic E-state index is 0.699. The lowest BCUT2D eigenvalue weighted by atomic mass is 10.5. The van der Waals surface area contributed by atoms with Crippen LogP contribution in [-0.4, -0.2) is 80.8 Å². The molecule has 0 aromatic heterocycles. The molecule has 0 aromatic carbocycles. The van der Waals surface area contributed by atoms with Crippen LogP contribution in [0, 0.1) is 0 Å². The van der Waals surface area contributed by atoms with Crippen LogP contribution in [0.5, 0.6) is 0 Å². The highest BCUT2D eigenvalue weighted by molar-refractivity contribution is 7.99. The van der Waals surface area contributed by atoms with E-state index in [1.807, 2.05) is 11.8 Å². The lowest BCUT2D eigenvalue weighted by molar-refractivity contribution is 0.163. The molecule has 0 aliphatic carbocycles. The van der Waals surface area contributed by atoms with Crippen LogP contribution in [0.15, 0.2) is 4.99 Å². The Kier molecular flexibility index (Phi) is 7.39. The smallest absolute Gasteiger partial charge is 0.191 e. The molecule has 1 heterocycles. The highest BCUT2D eigenvalue weighted by atomic mass is 32.2. The van der Waals surface area contributed by atoms with E-state index in [1.54, 1.807) is 7.11 Å². The average molecular weight is 260 g/mol. The van der Waals surface area contributed by atoms with Crippen LogP contribution < -0.4 is 5.73 Å². The molecule has 0 unspecified atom stereocenters. The predicted octanol–water partition coefficient (Wildman–Crippen LogP) is -0.0719. The molecule has 1 saturated heterocycles. The van der Waals surface area contributed by atoms with Gasteiger partial charge >= 0.3 is 0 Å². The van der Waals surface area contributed by atoms with Gasteiger partial charge in [0.1, 0.15) is 0 Å². The van der Waals surface area contributed by atoms with E-state index in [0.29, 0.717) is 5.96 Å². The Morgan fingerprint density at radius 3 is 2.76 bits per heavy atom. The van der Waals surface area contributed by atoms with Gasteiger partial charge in [0.25, 0.3) is 0 Å². The summed E-state index contributed by atoms with van der Waals surface area (Å²) in [6.45, 7) is 5.44. The molecule has 6 heteroatoms. The van der Waals surface area contributed by atoms with Crippen molar-refractivity contribution in [2.45, 2.75) is 0 Å². The Labute approximate surface area is 108 Å². The quantitative estimate of drug-likeness (QED) is 0.535. The van der Waals surface area contributed by atoms with Gasteiger partial charge < -0.3 is 20.3 Å². The zero-order valence-corrected chi connectivity index (χ0v) is 11.7. The summed E-state index contributed by atoms with van der Waals surface area (Å²) in [6.07, 6.45) is 0. The zero-order valence-electron chi connectivity index (χ0n) is 10.9. The molecule has 1 aliphatic rings. The van der Waals surface area contributed by atoms with Gasteiger partial charge in [-0.25, -0.2) is 0 Å². The lowest BCUT2D eigenvalue weighted by Gasteiger charge is -2.27. The second-order valence-electron chi connectivity index (χ2n) is 4.14. The van der Waals surface area contributed by atoms with Crippen molar-refractivity contribution >= 4 is 17.7 Å². The summed E-state index contributed by atoms with van der Waals surface area (Å²) in [5.74, 6) is 3.01. The van der Waals surface area contributed by atoms with Crippen LogP contribution in [0.2, 0.25) is 0 Å². The van der Waals surface area contributed by atoms with Crippen LogP contribution >= 0.6 is 11.8 Å². The van der Waals surface area contributed by atoms with Gasteiger partial charge in [-0.05, 0) is 7.05 Å². The summed E-state index contributed by atoms with van der Waals surface area (Å²) in [4.78, 5) is 8.80. The summed E-state index contributed by atoms with van der Waals surface area (Å²) in [5.41, 5.74) is 5.96. The molecule has 1 fully saturated rings. The summed E-state index contributed by atoms with van der Waals surface area (Å²) < 4.78 is 5.02. The van der Waals surface area contributed by atoms with Gasteiger partial charge in [-0.2, -0.15) is 11.8 Å². The van der Waals surface area contributed by atoms with Crippen molar-refractivity contribution in [3.63, 3.8) is 0 Å². The van der Waals surface area contributed by atoms with Gasteiger partial charge in [-0.3, -0.25) is 4.99 Å². The number of thioether (sulfide) groups is 1. The number of aliphatic imine (C=N–C) groups is 1. The molecule has 0 atom stereocenters. The van der Waals surface area contributed by atoms with Gasteiger partial charge in [-0.1, -0.05) is 0 Å². The molecule has 0 aromatic rings. The number of hydrogen-bond acceptors (Lipinski definition) is 4. The molecule has 100 valence electrons. The fourth-order valence-electron chi connectivity index (χ4n) is 1.59. The van der Waals surface area contributed by atoms with E-state index < -0.39 is 0 Å². The molecular weight excluding hydrogens is 236 g/mol. The summed E-state index contributed by atoms with van der Waals surface area (Å²) >= 11 is 1.98. The molecule has 0 saturated carbocycles. The van der Waals surface area contributed by atoms with Crippen LogP contribution in [0.25, 0.3) is 0 Å². The van der Waals surface area contributed by atoms with Gasteiger partial charge in [0, 0.05) is 44.8 Å². The second-order valence-corrected chi connectivity index (χ2v) is 5.36. The SMILES string of the molecule is COCCN(C)CCN=C(N)N1CCSCC1. The van der Waals surface area contributed by atoms with Crippen molar-refractivity contribution < 1.29 is 4.74 Å². The third-order valence-corrected chi connectivity index (χ3v) is 3.71. The summed E-state index contributed by atoms with van der Waals surface area (Å²) in [6, 6.07) is 0. The number of nitrogens with zero attached hydrogens (tertiary/aromatic N) is 3. The van der Waals surface area contributed by atoms with Crippen LogP contribution in [0.1, 0.15) is 0 Å². The molecule has 0 spiro atoms. The number of ether oxygens (including phenoxy) is 1. The topological polar surface area (TPSA) is 54.1 Å². The minimum atomic E-state index is 0.699. The van der Waals surface area contributed by atoms with E-state index in [0.717, 1.165) is 50.8 Å². The minimum Gasteiger partial charge on any atom is -0.383 e. The van der Waals surface area contributed by atoms with Crippen molar-refractivity contribution in [3.05, 3.63) is 0 Å². The van der Waals surface area contributed by atoms with Crippen molar-refractivity contribution in [1.82, 2.24) is 9.80 Å².